The van der Waals surface area contributed by atoms with Crippen LogP contribution in [-0.2, 0) is 0 Å². The number of rotatable bonds is 2. The maximum atomic E-state index is 12.6. The van der Waals surface area contributed by atoms with E-state index < -0.39 is 0 Å². The predicted molar refractivity (Wildman–Crippen MR) is 87.2 cm³/mol. The van der Waals surface area contributed by atoms with Gasteiger partial charge in [-0.3, -0.25) is 4.79 Å². The van der Waals surface area contributed by atoms with E-state index in [1.54, 1.807) is 24.1 Å². The quantitative estimate of drug-likeness (QED) is 0.847. The average Bonchev–Trinajstić information content (AvgIpc) is 2.41. The summed E-state index contributed by atoms with van der Waals surface area (Å²) in [4.78, 5) is 14.3. The zero-order valence-electron chi connectivity index (χ0n) is 11.8. The van der Waals surface area contributed by atoms with E-state index in [0.29, 0.717) is 11.3 Å². The van der Waals surface area contributed by atoms with Crippen LogP contribution in [-0.4, -0.2) is 13.0 Å². The summed E-state index contributed by atoms with van der Waals surface area (Å²) in [5, 5.41) is 0. The minimum atomic E-state index is -0.0684. The third-order valence-corrected chi connectivity index (χ3v) is 3.79. The standard InChI is InChI=1S/C16H17BrN2O/c1-10-5-4-6-13(7-10)19(3)16(20)14-8-12(17)9-15(18)11(14)2/h4-9H,18H2,1-3H3. The minimum absolute atomic E-state index is 0.0684. The summed E-state index contributed by atoms with van der Waals surface area (Å²) in [6, 6.07) is 11.5. The monoisotopic (exact) mass is 332 g/mol. The Morgan fingerprint density at radius 3 is 2.55 bits per heavy atom. The number of nitrogen functional groups attached to an aromatic ring is 1. The lowest BCUT2D eigenvalue weighted by molar-refractivity contribution is 0.0992. The van der Waals surface area contributed by atoms with Crippen LogP contribution in [0.5, 0.6) is 0 Å². The van der Waals surface area contributed by atoms with Crippen molar-refractivity contribution in [2.75, 3.05) is 17.7 Å². The molecule has 1 amide bonds. The molecule has 0 saturated heterocycles. The Balaban J connectivity index is 2.41. The molecule has 0 saturated carbocycles. The van der Waals surface area contributed by atoms with E-state index in [-0.39, 0.29) is 5.91 Å². The SMILES string of the molecule is Cc1cccc(N(C)C(=O)c2cc(Br)cc(N)c2C)c1. The number of nitrogens with zero attached hydrogens (tertiary/aromatic N) is 1. The van der Waals surface area contributed by atoms with E-state index in [1.807, 2.05) is 38.1 Å². The fraction of sp³-hybridized carbons (Fsp3) is 0.188. The van der Waals surface area contributed by atoms with E-state index in [9.17, 15) is 4.79 Å². The molecule has 0 aromatic heterocycles. The van der Waals surface area contributed by atoms with Gasteiger partial charge in [-0.25, -0.2) is 0 Å². The lowest BCUT2D eigenvalue weighted by atomic mass is 10.1. The lowest BCUT2D eigenvalue weighted by Crippen LogP contribution is -2.27. The molecule has 0 heterocycles. The van der Waals surface area contributed by atoms with Crippen molar-refractivity contribution in [1.82, 2.24) is 0 Å². The predicted octanol–water partition coefficient (Wildman–Crippen LogP) is 3.92. The van der Waals surface area contributed by atoms with Gasteiger partial charge >= 0.3 is 0 Å². The van der Waals surface area contributed by atoms with Crippen molar-refractivity contribution in [1.29, 1.82) is 0 Å². The van der Waals surface area contributed by atoms with Gasteiger partial charge in [0.25, 0.3) is 5.91 Å². The Morgan fingerprint density at radius 1 is 1.20 bits per heavy atom. The van der Waals surface area contributed by atoms with Crippen LogP contribution >= 0.6 is 15.9 Å². The largest absolute Gasteiger partial charge is 0.398 e. The molecule has 2 aromatic rings. The van der Waals surface area contributed by atoms with Crippen molar-refractivity contribution >= 4 is 33.2 Å². The maximum Gasteiger partial charge on any atom is 0.258 e. The van der Waals surface area contributed by atoms with E-state index in [1.165, 1.54) is 0 Å². The molecule has 0 aliphatic rings. The molecule has 0 aliphatic heterocycles. The van der Waals surface area contributed by atoms with Crippen molar-refractivity contribution in [2.45, 2.75) is 13.8 Å². The highest BCUT2D eigenvalue weighted by molar-refractivity contribution is 9.10. The summed E-state index contributed by atoms with van der Waals surface area (Å²) in [6.07, 6.45) is 0. The fourth-order valence-corrected chi connectivity index (χ4v) is 2.53. The first kappa shape index (κ1) is 14.6. The molecular formula is C16H17BrN2O. The lowest BCUT2D eigenvalue weighted by Gasteiger charge is -2.20. The third kappa shape index (κ3) is 2.85. The molecule has 4 heteroatoms. The number of carbonyl (C=O) groups excluding carboxylic acids is 1. The highest BCUT2D eigenvalue weighted by Gasteiger charge is 2.17. The number of hydrogen-bond acceptors (Lipinski definition) is 2. The summed E-state index contributed by atoms with van der Waals surface area (Å²) in [5.41, 5.74) is 9.93. The number of halogens is 1. The van der Waals surface area contributed by atoms with E-state index >= 15 is 0 Å². The molecule has 0 unspecified atom stereocenters. The molecule has 20 heavy (non-hydrogen) atoms. The van der Waals surface area contributed by atoms with Crippen LogP contribution < -0.4 is 10.6 Å². The number of aryl methyl sites for hydroxylation is 1. The summed E-state index contributed by atoms with van der Waals surface area (Å²) in [6.45, 7) is 3.86. The van der Waals surface area contributed by atoms with Crippen LogP contribution in [0.15, 0.2) is 40.9 Å². The second-order valence-electron chi connectivity index (χ2n) is 4.87. The van der Waals surface area contributed by atoms with Gasteiger partial charge in [0.2, 0.25) is 0 Å². The van der Waals surface area contributed by atoms with Gasteiger partial charge in [-0.15, -0.1) is 0 Å². The van der Waals surface area contributed by atoms with Crippen molar-refractivity contribution < 1.29 is 4.79 Å². The number of carbonyl (C=O) groups is 1. The van der Waals surface area contributed by atoms with Crippen LogP contribution in [0.1, 0.15) is 21.5 Å². The minimum Gasteiger partial charge on any atom is -0.398 e. The van der Waals surface area contributed by atoms with E-state index in [2.05, 4.69) is 15.9 Å². The number of benzene rings is 2. The molecule has 0 bridgehead atoms. The molecule has 0 atom stereocenters. The molecule has 3 nitrogen and oxygen atoms in total. The Labute approximate surface area is 127 Å². The first-order valence-corrected chi connectivity index (χ1v) is 7.10. The van der Waals surface area contributed by atoms with E-state index in [4.69, 9.17) is 5.73 Å². The molecule has 0 spiro atoms. The smallest absolute Gasteiger partial charge is 0.258 e. The molecular weight excluding hydrogens is 316 g/mol. The van der Waals surface area contributed by atoms with Crippen molar-refractivity contribution in [3.63, 3.8) is 0 Å². The van der Waals surface area contributed by atoms with Gasteiger partial charge in [-0.1, -0.05) is 28.1 Å². The van der Waals surface area contributed by atoms with Gasteiger partial charge in [-0.2, -0.15) is 0 Å². The normalized spacial score (nSPS) is 10.4. The van der Waals surface area contributed by atoms with Gasteiger partial charge in [-0.05, 0) is 49.2 Å². The molecule has 104 valence electrons. The molecule has 0 aliphatic carbocycles. The maximum absolute atomic E-state index is 12.6. The highest BCUT2D eigenvalue weighted by Crippen LogP contribution is 2.25. The zero-order valence-corrected chi connectivity index (χ0v) is 13.4. The number of nitrogens with two attached hydrogens (primary N) is 1. The van der Waals surface area contributed by atoms with Crippen molar-refractivity contribution in [3.8, 4) is 0 Å². The Kier molecular flexibility index (Phi) is 4.14. The Hall–Kier alpha value is -1.81. The van der Waals surface area contributed by atoms with Crippen molar-refractivity contribution in [2.24, 2.45) is 0 Å². The van der Waals surface area contributed by atoms with Gasteiger partial charge in [0.05, 0.1) is 0 Å². The number of hydrogen-bond donors (Lipinski definition) is 1. The summed E-state index contributed by atoms with van der Waals surface area (Å²) in [7, 11) is 1.77. The van der Waals surface area contributed by atoms with Crippen LogP contribution in [0.2, 0.25) is 0 Å². The highest BCUT2D eigenvalue weighted by atomic mass is 79.9. The molecule has 2 rings (SSSR count). The van der Waals surface area contributed by atoms with Crippen LogP contribution in [0, 0.1) is 13.8 Å². The fourth-order valence-electron chi connectivity index (χ4n) is 2.06. The molecule has 0 fully saturated rings. The second kappa shape index (κ2) is 5.67. The average molecular weight is 333 g/mol. The summed E-state index contributed by atoms with van der Waals surface area (Å²) in [5.74, 6) is -0.0684. The van der Waals surface area contributed by atoms with Crippen LogP contribution in [0.3, 0.4) is 0 Å². The first-order chi connectivity index (χ1) is 9.40. The van der Waals surface area contributed by atoms with Crippen LogP contribution in [0.4, 0.5) is 11.4 Å². The summed E-state index contributed by atoms with van der Waals surface area (Å²) >= 11 is 3.38. The molecule has 2 N–H and O–H groups in total. The van der Waals surface area contributed by atoms with Gasteiger partial charge in [0.15, 0.2) is 0 Å². The van der Waals surface area contributed by atoms with Gasteiger partial charge < -0.3 is 10.6 Å². The van der Waals surface area contributed by atoms with E-state index in [0.717, 1.165) is 21.3 Å². The second-order valence-corrected chi connectivity index (χ2v) is 5.79. The number of amides is 1. The Bertz CT molecular complexity index is 668. The molecule has 0 radical (unpaired) electrons. The zero-order chi connectivity index (χ0) is 14.9. The first-order valence-electron chi connectivity index (χ1n) is 6.30. The molecule has 2 aromatic carbocycles. The van der Waals surface area contributed by atoms with Crippen LogP contribution in [0.25, 0.3) is 0 Å². The Morgan fingerprint density at radius 2 is 1.90 bits per heavy atom. The van der Waals surface area contributed by atoms with Crippen molar-refractivity contribution in [3.05, 3.63) is 57.6 Å². The third-order valence-electron chi connectivity index (χ3n) is 3.34. The topological polar surface area (TPSA) is 46.3 Å². The van der Waals surface area contributed by atoms with Gasteiger partial charge in [0, 0.05) is 28.5 Å². The summed E-state index contributed by atoms with van der Waals surface area (Å²) < 4.78 is 0.807. The van der Waals surface area contributed by atoms with Gasteiger partial charge in [0.1, 0.15) is 0 Å². The number of anilines is 2.